The number of amides is 1. The summed E-state index contributed by atoms with van der Waals surface area (Å²) in [4.78, 5) is 16.1. The Morgan fingerprint density at radius 3 is 2.75 bits per heavy atom. The fraction of sp³-hybridized carbons (Fsp3) is 0.316. The third-order valence-corrected chi connectivity index (χ3v) is 5.54. The van der Waals surface area contributed by atoms with Gasteiger partial charge < -0.3 is 9.47 Å². The molecule has 0 spiro atoms. The second-order valence-electron chi connectivity index (χ2n) is 6.35. The van der Waals surface area contributed by atoms with Crippen LogP contribution in [0.15, 0.2) is 36.4 Å². The Kier molecular flexibility index (Phi) is 3.88. The van der Waals surface area contributed by atoms with Crippen molar-refractivity contribution in [1.29, 1.82) is 0 Å². The van der Waals surface area contributed by atoms with Crippen LogP contribution in [0.2, 0.25) is 0 Å². The van der Waals surface area contributed by atoms with Crippen LogP contribution in [-0.2, 0) is 6.54 Å². The van der Waals surface area contributed by atoms with Crippen LogP contribution >= 0.6 is 11.3 Å². The number of aryl methyl sites for hydroxylation is 1. The summed E-state index contributed by atoms with van der Waals surface area (Å²) in [5, 5.41) is 0. The molecule has 1 amide bonds. The van der Waals surface area contributed by atoms with Gasteiger partial charge in [0.15, 0.2) is 0 Å². The Balaban J connectivity index is 1.78. The highest BCUT2D eigenvalue weighted by molar-refractivity contribution is 7.19. The lowest BCUT2D eigenvalue weighted by Gasteiger charge is -2.17. The molecule has 3 nitrogen and oxygen atoms in total. The van der Waals surface area contributed by atoms with E-state index in [1.165, 1.54) is 17.0 Å². The van der Waals surface area contributed by atoms with Crippen LogP contribution in [0.25, 0.3) is 10.2 Å². The average Bonchev–Trinajstić information content (AvgIpc) is 3.25. The first kappa shape index (κ1) is 15.4. The van der Waals surface area contributed by atoms with Crippen LogP contribution in [0.3, 0.4) is 0 Å². The maximum Gasteiger partial charge on any atom is 0.270 e. The molecule has 124 valence electrons. The van der Waals surface area contributed by atoms with Crippen molar-refractivity contribution in [3.8, 4) is 0 Å². The lowest BCUT2D eigenvalue weighted by Crippen LogP contribution is -2.29. The van der Waals surface area contributed by atoms with Gasteiger partial charge >= 0.3 is 0 Å². The Hall–Kier alpha value is -2.14. The van der Waals surface area contributed by atoms with Crippen LogP contribution in [0.4, 0.5) is 4.39 Å². The van der Waals surface area contributed by atoms with E-state index in [0.717, 1.165) is 41.7 Å². The average molecular weight is 342 g/mol. The van der Waals surface area contributed by atoms with Gasteiger partial charge in [0.05, 0.1) is 10.2 Å². The largest absolute Gasteiger partial charge is 0.337 e. The molecular weight excluding hydrogens is 323 g/mol. The minimum Gasteiger partial charge on any atom is -0.337 e. The maximum atomic E-state index is 13.5. The monoisotopic (exact) mass is 342 g/mol. The summed E-state index contributed by atoms with van der Waals surface area (Å²) in [5.41, 5.74) is 2.64. The summed E-state index contributed by atoms with van der Waals surface area (Å²) in [5.74, 6) is -0.158. The molecule has 1 saturated heterocycles. The second kappa shape index (κ2) is 6.06. The molecule has 1 aromatic carbocycles. The van der Waals surface area contributed by atoms with Crippen molar-refractivity contribution >= 4 is 27.5 Å². The van der Waals surface area contributed by atoms with E-state index in [0.29, 0.717) is 12.2 Å². The van der Waals surface area contributed by atoms with Gasteiger partial charge in [0.1, 0.15) is 11.5 Å². The predicted octanol–water partition coefficient (Wildman–Crippen LogP) is 4.43. The van der Waals surface area contributed by atoms with Crippen molar-refractivity contribution in [3.63, 3.8) is 0 Å². The van der Waals surface area contributed by atoms with E-state index < -0.39 is 0 Å². The molecule has 0 radical (unpaired) electrons. The topological polar surface area (TPSA) is 25.2 Å². The van der Waals surface area contributed by atoms with Crippen LogP contribution in [0.1, 0.15) is 33.8 Å². The van der Waals surface area contributed by atoms with E-state index in [9.17, 15) is 9.18 Å². The second-order valence-corrected chi connectivity index (χ2v) is 7.64. The molecule has 1 aliphatic rings. The molecule has 5 heteroatoms. The van der Waals surface area contributed by atoms with Gasteiger partial charge in [0.25, 0.3) is 5.91 Å². The third-order valence-electron chi connectivity index (χ3n) is 4.55. The van der Waals surface area contributed by atoms with Crippen LogP contribution < -0.4 is 0 Å². The van der Waals surface area contributed by atoms with Gasteiger partial charge in [-0.15, -0.1) is 11.3 Å². The quantitative estimate of drug-likeness (QED) is 0.691. The molecule has 0 N–H and O–H groups in total. The zero-order valence-corrected chi connectivity index (χ0v) is 14.4. The number of likely N-dealkylation sites (tertiary alicyclic amines) is 1. The van der Waals surface area contributed by atoms with Crippen LogP contribution in [0.5, 0.6) is 0 Å². The molecule has 1 aliphatic heterocycles. The van der Waals surface area contributed by atoms with Crippen LogP contribution in [-0.4, -0.2) is 28.5 Å². The fourth-order valence-corrected chi connectivity index (χ4v) is 4.37. The predicted molar refractivity (Wildman–Crippen MR) is 95.2 cm³/mol. The lowest BCUT2D eigenvalue weighted by molar-refractivity contribution is 0.0783. The number of benzene rings is 1. The molecule has 2 aromatic heterocycles. The minimum atomic E-state index is -0.246. The number of hydrogen-bond acceptors (Lipinski definition) is 2. The third kappa shape index (κ3) is 2.73. The molecule has 24 heavy (non-hydrogen) atoms. The van der Waals surface area contributed by atoms with E-state index in [1.54, 1.807) is 17.4 Å². The first-order chi connectivity index (χ1) is 11.6. The van der Waals surface area contributed by atoms with Gasteiger partial charge in [-0.2, -0.15) is 0 Å². The van der Waals surface area contributed by atoms with Gasteiger partial charge in [-0.3, -0.25) is 4.79 Å². The number of aromatic nitrogens is 1. The number of carbonyl (C=O) groups is 1. The fourth-order valence-electron chi connectivity index (χ4n) is 3.41. The molecule has 0 saturated carbocycles. The molecule has 0 bridgehead atoms. The molecular formula is C19H19FN2OS. The number of hydrogen-bond donors (Lipinski definition) is 0. The normalized spacial score (nSPS) is 14.7. The molecule has 3 heterocycles. The van der Waals surface area contributed by atoms with E-state index in [2.05, 4.69) is 13.0 Å². The number of thiophene rings is 1. The number of fused-ring (bicyclic) bond motifs is 1. The summed E-state index contributed by atoms with van der Waals surface area (Å²) in [7, 11) is 0. The lowest BCUT2D eigenvalue weighted by atomic mass is 10.2. The van der Waals surface area contributed by atoms with Crippen molar-refractivity contribution in [1.82, 2.24) is 9.47 Å². The van der Waals surface area contributed by atoms with Crippen molar-refractivity contribution in [3.05, 3.63) is 58.3 Å². The Bertz CT molecular complexity index is 905. The van der Waals surface area contributed by atoms with Crippen molar-refractivity contribution in [2.45, 2.75) is 26.3 Å². The summed E-state index contributed by atoms with van der Waals surface area (Å²) < 4.78 is 16.7. The molecule has 0 aliphatic carbocycles. The Labute approximate surface area is 144 Å². The van der Waals surface area contributed by atoms with Crippen LogP contribution in [0, 0.1) is 12.7 Å². The van der Waals surface area contributed by atoms with Gasteiger partial charge in [-0.25, -0.2) is 4.39 Å². The summed E-state index contributed by atoms with van der Waals surface area (Å²) in [6.45, 7) is 4.23. The molecule has 1 fully saturated rings. The highest BCUT2D eigenvalue weighted by Gasteiger charge is 2.24. The Morgan fingerprint density at radius 2 is 2.00 bits per heavy atom. The van der Waals surface area contributed by atoms with Crippen molar-refractivity contribution < 1.29 is 9.18 Å². The standard InChI is InChI=1S/C19H19FN2OS/c1-13-9-16-18(24-13)11-17(19(23)21-7-2-3-8-21)22(16)12-14-5-4-6-15(20)10-14/h4-6,9-11H,2-3,7-8,12H2,1H3. The molecule has 4 rings (SSSR count). The van der Waals surface area contributed by atoms with E-state index in [-0.39, 0.29) is 11.7 Å². The molecule has 0 atom stereocenters. The van der Waals surface area contributed by atoms with E-state index in [1.807, 2.05) is 21.6 Å². The van der Waals surface area contributed by atoms with Gasteiger partial charge in [-0.05, 0) is 49.6 Å². The highest BCUT2D eigenvalue weighted by atomic mass is 32.1. The SMILES string of the molecule is Cc1cc2c(cc(C(=O)N3CCCC3)n2Cc2cccc(F)c2)s1. The van der Waals surface area contributed by atoms with Gasteiger partial charge in [0, 0.05) is 24.5 Å². The van der Waals surface area contributed by atoms with E-state index >= 15 is 0 Å². The Morgan fingerprint density at radius 1 is 1.21 bits per heavy atom. The van der Waals surface area contributed by atoms with Crippen molar-refractivity contribution in [2.75, 3.05) is 13.1 Å². The molecule has 3 aromatic rings. The first-order valence-corrected chi connectivity index (χ1v) is 9.07. The highest BCUT2D eigenvalue weighted by Crippen LogP contribution is 2.30. The van der Waals surface area contributed by atoms with Crippen molar-refractivity contribution in [2.24, 2.45) is 0 Å². The first-order valence-electron chi connectivity index (χ1n) is 8.25. The number of rotatable bonds is 3. The number of carbonyl (C=O) groups excluding carboxylic acids is 1. The molecule has 0 unspecified atom stereocenters. The summed E-state index contributed by atoms with van der Waals surface area (Å²) in [6.07, 6.45) is 2.15. The van der Waals surface area contributed by atoms with E-state index in [4.69, 9.17) is 0 Å². The summed E-state index contributed by atoms with van der Waals surface area (Å²) >= 11 is 1.70. The maximum absolute atomic E-state index is 13.5. The number of halogens is 1. The van der Waals surface area contributed by atoms with Gasteiger partial charge in [-0.1, -0.05) is 12.1 Å². The smallest absolute Gasteiger partial charge is 0.270 e. The number of nitrogens with zero attached hydrogens (tertiary/aromatic N) is 2. The zero-order valence-electron chi connectivity index (χ0n) is 13.6. The zero-order chi connectivity index (χ0) is 16.7. The minimum absolute atomic E-state index is 0.0879. The summed E-state index contributed by atoms with van der Waals surface area (Å²) in [6, 6.07) is 10.7. The van der Waals surface area contributed by atoms with Gasteiger partial charge in [0.2, 0.25) is 0 Å².